The van der Waals surface area contributed by atoms with Gasteiger partial charge in [-0.2, -0.15) is 0 Å². The third-order valence-corrected chi connectivity index (χ3v) is 4.83. The number of para-hydroxylation sites is 1. The highest BCUT2D eigenvalue weighted by Crippen LogP contribution is 2.22. The number of amides is 2. The molecular weight excluding hydrogens is 316 g/mol. The zero-order valence-electron chi connectivity index (χ0n) is 15.5. The van der Waals surface area contributed by atoms with Gasteiger partial charge in [0, 0.05) is 13.1 Å². The van der Waals surface area contributed by atoms with Crippen molar-refractivity contribution in [3.05, 3.63) is 30.3 Å². The SMILES string of the molecule is CC(C)C(NC(=O)COc1ccccc1)C(=O)N(C)C1CCCCC1. The molecule has 2 rings (SSSR count). The van der Waals surface area contributed by atoms with E-state index in [1.807, 2.05) is 44.0 Å². The van der Waals surface area contributed by atoms with E-state index in [4.69, 9.17) is 4.74 Å². The van der Waals surface area contributed by atoms with Crippen LogP contribution in [0.25, 0.3) is 0 Å². The predicted molar refractivity (Wildman–Crippen MR) is 98.3 cm³/mol. The van der Waals surface area contributed by atoms with Gasteiger partial charge in [-0.3, -0.25) is 9.59 Å². The summed E-state index contributed by atoms with van der Waals surface area (Å²) in [5.41, 5.74) is 0. The lowest BCUT2D eigenvalue weighted by molar-refractivity contribution is -0.139. The van der Waals surface area contributed by atoms with Crippen molar-refractivity contribution in [3.8, 4) is 5.75 Å². The van der Waals surface area contributed by atoms with Crippen molar-refractivity contribution >= 4 is 11.8 Å². The minimum absolute atomic E-state index is 0.00467. The molecular formula is C20H30N2O3. The number of ether oxygens (including phenoxy) is 1. The van der Waals surface area contributed by atoms with Crippen LogP contribution in [0.1, 0.15) is 46.0 Å². The van der Waals surface area contributed by atoms with Crippen molar-refractivity contribution < 1.29 is 14.3 Å². The van der Waals surface area contributed by atoms with Gasteiger partial charge in [0.15, 0.2) is 6.61 Å². The fraction of sp³-hybridized carbons (Fsp3) is 0.600. The Labute approximate surface area is 150 Å². The molecule has 1 unspecified atom stereocenters. The fourth-order valence-electron chi connectivity index (χ4n) is 3.26. The van der Waals surface area contributed by atoms with Crippen LogP contribution in [0.2, 0.25) is 0 Å². The normalized spacial score (nSPS) is 16.3. The van der Waals surface area contributed by atoms with Crippen molar-refractivity contribution in [3.63, 3.8) is 0 Å². The monoisotopic (exact) mass is 346 g/mol. The Morgan fingerprint density at radius 3 is 2.40 bits per heavy atom. The number of benzene rings is 1. The van der Waals surface area contributed by atoms with Gasteiger partial charge in [0.05, 0.1) is 0 Å². The first-order chi connectivity index (χ1) is 12.0. The van der Waals surface area contributed by atoms with E-state index in [-0.39, 0.29) is 24.3 Å². The molecule has 0 saturated heterocycles. The molecule has 1 saturated carbocycles. The predicted octanol–water partition coefficient (Wildman–Crippen LogP) is 3.00. The third-order valence-electron chi connectivity index (χ3n) is 4.83. The minimum atomic E-state index is -0.515. The molecule has 1 aliphatic rings. The summed E-state index contributed by atoms with van der Waals surface area (Å²) in [4.78, 5) is 26.9. The highest BCUT2D eigenvalue weighted by atomic mass is 16.5. The molecule has 5 nitrogen and oxygen atoms in total. The Morgan fingerprint density at radius 2 is 1.80 bits per heavy atom. The number of nitrogens with zero attached hydrogens (tertiary/aromatic N) is 1. The second kappa shape index (κ2) is 9.44. The van der Waals surface area contributed by atoms with E-state index in [1.165, 1.54) is 19.3 Å². The van der Waals surface area contributed by atoms with Crippen LogP contribution < -0.4 is 10.1 Å². The van der Waals surface area contributed by atoms with Crippen LogP contribution in [0.5, 0.6) is 5.75 Å². The lowest BCUT2D eigenvalue weighted by Crippen LogP contribution is -2.53. The van der Waals surface area contributed by atoms with Gasteiger partial charge >= 0.3 is 0 Å². The van der Waals surface area contributed by atoms with Gasteiger partial charge in [-0.1, -0.05) is 51.3 Å². The lowest BCUT2D eigenvalue weighted by Gasteiger charge is -2.35. The van der Waals surface area contributed by atoms with Crippen LogP contribution in [-0.4, -0.2) is 42.5 Å². The van der Waals surface area contributed by atoms with Gasteiger partial charge in [0.25, 0.3) is 5.91 Å². The first kappa shape index (κ1) is 19.3. The number of rotatable bonds is 7. The van der Waals surface area contributed by atoms with Gasteiger partial charge in [0.1, 0.15) is 11.8 Å². The topological polar surface area (TPSA) is 58.6 Å². The Kier molecular flexibility index (Phi) is 7.29. The summed E-state index contributed by atoms with van der Waals surface area (Å²) in [6, 6.07) is 8.98. The maximum absolute atomic E-state index is 12.9. The molecule has 2 amide bonds. The molecule has 25 heavy (non-hydrogen) atoms. The van der Waals surface area contributed by atoms with Gasteiger partial charge in [0.2, 0.25) is 5.91 Å². The van der Waals surface area contributed by atoms with Gasteiger partial charge in [-0.15, -0.1) is 0 Å². The second-order valence-electron chi connectivity index (χ2n) is 7.13. The summed E-state index contributed by atoms with van der Waals surface area (Å²) in [5.74, 6) is 0.395. The molecule has 0 spiro atoms. The van der Waals surface area contributed by atoms with Crippen molar-refractivity contribution in [1.82, 2.24) is 10.2 Å². The molecule has 1 fully saturated rings. The molecule has 1 aliphatic carbocycles. The summed E-state index contributed by atoms with van der Waals surface area (Å²) in [7, 11) is 1.86. The fourth-order valence-corrected chi connectivity index (χ4v) is 3.26. The lowest BCUT2D eigenvalue weighted by atomic mass is 9.93. The number of hydrogen-bond donors (Lipinski definition) is 1. The van der Waals surface area contributed by atoms with Crippen LogP contribution >= 0.6 is 0 Å². The molecule has 1 N–H and O–H groups in total. The number of likely N-dealkylation sites (N-methyl/N-ethyl adjacent to an activating group) is 1. The van der Waals surface area contributed by atoms with E-state index in [0.29, 0.717) is 11.8 Å². The average molecular weight is 346 g/mol. The highest BCUT2D eigenvalue weighted by Gasteiger charge is 2.31. The molecule has 5 heteroatoms. The van der Waals surface area contributed by atoms with Crippen molar-refractivity contribution in [2.45, 2.75) is 58.0 Å². The van der Waals surface area contributed by atoms with Crippen LogP contribution in [0, 0.1) is 5.92 Å². The van der Waals surface area contributed by atoms with Crippen LogP contribution in [0.15, 0.2) is 30.3 Å². The van der Waals surface area contributed by atoms with E-state index in [0.717, 1.165) is 12.8 Å². The molecule has 138 valence electrons. The van der Waals surface area contributed by atoms with E-state index >= 15 is 0 Å². The van der Waals surface area contributed by atoms with Crippen molar-refractivity contribution in [2.24, 2.45) is 5.92 Å². The van der Waals surface area contributed by atoms with Crippen LogP contribution in [-0.2, 0) is 9.59 Å². The Morgan fingerprint density at radius 1 is 1.16 bits per heavy atom. The number of hydrogen-bond acceptors (Lipinski definition) is 3. The van der Waals surface area contributed by atoms with E-state index in [2.05, 4.69) is 5.32 Å². The maximum Gasteiger partial charge on any atom is 0.258 e. The van der Waals surface area contributed by atoms with E-state index in [1.54, 1.807) is 12.1 Å². The minimum Gasteiger partial charge on any atom is -0.484 e. The van der Waals surface area contributed by atoms with Crippen LogP contribution in [0.3, 0.4) is 0 Å². The maximum atomic E-state index is 12.9. The van der Waals surface area contributed by atoms with Gasteiger partial charge in [-0.05, 0) is 30.9 Å². The molecule has 0 aromatic heterocycles. The summed E-state index contributed by atoms with van der Waals surface area (Å²) in [6.45, 7) is 3.82. The number of carbonyl (C=O) groups excluding carboxylic acids is 2. The summed E-state index contributed by atoms with van der Waals surface area (Å²) >= 11 is 0. The van der Waals surface area contributed by atoms with Crippen LogP contribution in [0.4, 0.5) is 0 Å². The molecule has 0 aliphatic heterocycles. The van der Waals surface area contributed by atoms with Crippen molar-refractivity contribution in [1.29, 1.82) is 0 Å². The van der Waals surface area contributed by atoms with E-state index in [9.17, 15) is 9.59 Å². The standard InChI is InChI=1S/C20H30N2O3/c1-15(2)19(20(24)22(3)16-10-6-4-7-11-16)21-18(23)14-25-17-12-8-5-9-13-17/h5,8-9,12-13,15-16,19H,4,6-7,10-11,14H2,1-3H3,(H,21,23). The van der Waals surface area contributed by atoms with Gasteiger partial charge in [-0.25, -0.2) is 0 Å². The second-order valence-corrected chi connectivity index (χ2v) is 7.13. The zero-order valence-corrected chi connectivity index (χ0v) is 15.5. The molecule has 0 bridgehead atoms. The molecule has 1 aromatic carbocycles. The quantitative estimate of drug-likeness (QED) is 0.826. The first-order valence-electron chi connectivity index (χ1n) is 9.23. The first-order valence-corrected chi connectivity index (χ1v) is 9.23. The zero-order chi connectivity index (χ0) is 18.2. The Balaban J connectivity index is 1.90. The summed E-state index contributed by atoms with van der Waals surface area (Å²) in [6.07, 6.45) is 5.70. The highest BCUT2D eigenvalue weighted by molar-refractivity contribution is 5.88. The number of nitrogens with one attached hydrogen (secondary N) is 1. The smallest absolute Gasteiger partial charge is 0.258 e. The largest absolute Gasteiger partial charge is 0.484 e. The summed E-state index contributed by atoms with van der Waals surface area (Å²) < 4.78 is 5.47. The number of carbonyl (C=O) groups is 2. The molecule has 1 atom stereocenters. The molecule has 0 radical (unpaired) electrons. The van der Waals surface area contributed by atoms with Crippen molar-refractivity contribution in [2.75, 3.05) is 13.7 Å². The Hall–Kier alpha value is -2.04. The summed E-state index contributed by atoms with van der Waals surface area (Å²) in [5, 5.41) is 2.85. The Bertz CT molecular complexity index is 553. The van der Waals surface area contributed by atoms with Gasteiger partial charge < -0.3 is 15.0 Å². The van der Waals surface area contributed by atoms with E-state index < -0.39 is 6.04 Å². The molecule has 1 aromatic rings. The third kappa shape index (κ3) is 5.76. The molecule has 0 heterocycles. The average Bonchev–Trinajstić information content (AvgIpc) is 2.64.